The first-order valence-electron chi connectivity index (χ1n) is 7.33. The normalized spacial score (nSPS) is 14.3. The van der Waals surface area contributed by atoms with Crippen molar-refractivity contribution in [1.29, 1.82) is 0 Å². The van der Waals surface area contributed by atoms with Gasteiger partial charge in [0.25, 0.3) is 0 Å². The number of hydrogen-bond acceptors (Lipinski definition) is 3. The van der Waals surface area contributed by atoms with Crippen molar-refractivity contribution in [3.8, 4) is 5.75 Å². The van der Waals surface area contributed by atoms with Crippen LogP contribution < -0.4 is 10.1 Å². The van der Waals surface area contributed by atoms with Crippen molar-refractivity contribution in [1.82, 2.24) is 5.32 Å². The van der Waals surface area contributed by atoms with Gasteiger partial charge in [0.15, 0.2) is 6.61 Å². The molecule has 0 aliphatic heterocycles. The first-order chi connectivity index (χ1) is 10.1. The zero-order valence-electron chi connectivity index (χ0n) is 12.0. The van der Waals surface area contributed by atoms with E-state index in [9.17, 15) is 9.59 Å². The standard InChI is InChI=1S/C16H21NO4/c18-15(8-7-12-3-1-4-12)17-10-13-5-2-6-14(9-13)21-11-16(19)20/h2,5-6,9,12H,1,3-4,7-8,10-11H2,(H,17,18)(H,19,20). The summed E-state index contributed by atoms with van der Waals surface area (Å²) in [6.45, 7) is 0.0744. The van der Waals surface area contributed by atoms with Crippen LogP contribution in [0.25, 0.3) is 0 Å². The number of carbonyl (C=O) groups excluding carboxylic acids is 1. The third-order valence-electron chi connectivity index (χ3n) is 3.75. The lowest BCUT2D eigenvalue weighted by Gasteiger charge is -2.24. The smallest absolute Gasteiger partial charge is 0.341 e. The molecule has 1 aliphatic rings. The zero-order valence-corrected chi connectivity index (χ0v) is 12.0. The van der Waals surface area contributed by atoms with Crippen molar-refractivity contribution in [3.63, 3.8) is 0 Å². The second-order valence-corrected chi connectivity index (χ2v) is 5.44. The second kappa shape index (κ2) is 7.67. The Bertz CT molecular complexity index is 497. The number of nitrogens with one attached hydrogen (secondary N) is 1. The van der Waals surface area contributed by atoms with Crippen molar-refractivity contribution in [2.75, 3.05) is 6.61 Å². The number of amides is 1. The zero-order chi connectivity index (χ0) is 15.1. The largest absolute Gasteiger partial charge is 0.482 e. The quantitative estimate of drug-likeness (QED) is 0.771. The Morgan fingerprint density at radius 2 is 2.14 bits per heavy atom. The molecule has 21 heavy (non-hydrogen) atoms. The van der Waals surface area contributed by atoms with Crippen LogP contribution in [0.15, 0.2) is 24.3 Å². The Balaban J connectivity index is 1.72. The Hall–Kier alpha value is -2.04. The Labute approximate surface area is 124 Å². The highest BCUT2D eigenvalue weighted by molar-refractivity contribution is 5.75. The predicted molar refractivity (Wildman–Crippen MR) is 78.0 cm³/mol. The average molecular weight is 291 g/mol. The Morgan fingerprint density at radius 1 is 1.33 bits per heavy atom. The van der Waals surface area contributed by atoms with Crippen LogP contribution in [-0.4, -0.2) is 23.6 Å². The third-order valence-corrected chi connectivity index (χ3v) is 3.75. The third kappa shape index (κ3) is 5.45. The van der Waals surface area contributed by atoms with Gasteiger partial charge in [-0.3, -0.25) is 4.79 Å². The van der Waals surface area contributed by atoms with Gasteiger partial charge in [-0.15, -0.1) is 0 Å². The molecule has 0 unspecified atom stereocenters. The van der Waals surface area contributed by atoms with Gasteiger partial charge in [-0.2, -0.15) is 0 Å². The fourth-order valence-electron chi connectivity index (χ4n) is 2.30. The lowest BCUT2D eigenvalue weighted by Crippen LogP contribution is -2.24. The van der Waals surface area contributed by atoms with E-state index in [1.165, 1.54) is 19.3 Å². The molecule has 1 aromatic rings. The number of carbonyl (C=O) groups is 2. The molecule has 0 heterocycles. The number of carboxylic acids is 1. The number of benzene rings is 1. The maximum Gasteiger partial charge on any atom is 0.341 e. The molecule has 0 radical (unpaired) electrons. The summed E-state index contributed by atoms with van der Waals surface area (Å²) in [7, 11) is 0. The van der Waals surface area contributed by atoms with E-state index in [4.69, 9.17) is 9.84 Å². The van der Waals surface area contributed by atoms with Gasteiger partial charge in [0.2, 0.25) is 5.91 Å². The second-order valence-electron chi connectivity index (χ2n) is 5.44. The summed E-state index contributed by atoms with van der Waals surface area (Å²) in [5.41, 5.74) is 0.898. The van der Waals surface area contributed by atoms with Crippen molar-refractivity contribution in [2.24, 2.45) is 5.92 Å². The van der Waals surface area contributed by atoms with Crippen molar-refractivity contribution in [2.45, 2.75) is 38.6 Å². The van der Waals surface area contributed by atoms with E-state index < -0.39 is 5.97 Å². The molecule has 5 nitrogen and oxygen atoms in total. The monoisotopic (exact) mass is 291 g/mol. The molecule has 1 aromatic carbocycles. The number of rotatable bonds is 8. The fraction of sp³-hybridized carbons (Fsp3) is 0.500. The molecule has 2 rings (SSSR count). The molecule has 0 atom stereocenters. The van der Waals surface area contributed by atoms with Crippen LogP contribution in [0.2, 0.25) is 0 Å². The average Bonchev–Trinajstić information content (AvgIpc) is 2.42. The van der Waals surface area contributed by atoms with E-state index in [2.05, 4.69) is 5.32 Å². The summed E-state index contributed by atoms with van der Waals surface area (Å²) in [5, 5.41) is 11.5. The highest BCUT2D eigenvalue weighted by Crippen LogP contribution is 2.30. The van der Waals surface area contributed by atoms with Gasteiger partial charge >= 0.3 is 5.97 Å². The summed E-state index contributed by atoms with van der Waals surface area (Å²) in [5.74, 6) is 0.297. The van der Waals surface area contributed by atoms with E-state index in [0.717, 1.165) is 17.9 Å². The van der Waals surface area contributed by atoms with E-state index in [0.29, 0.717) is 18.7 Å². The van der Waals surface area contributed by atoms with Gasteiger partial charge < -0.3 is 15.2 Å². The SMILES string of the molecule is O=C(O)COc1cccc(CNC(=O)CCC2CCC2)c1. The van der Waals surface area contributed by atoms with Crippen LogP contribution in [0.1, 0.15) is 37.7 Å². The molecular weight excluding hydrogens is 270 g/mol. The molecule has 2 N–H and O–H groups in total. The minimum atomic E-state index is -1.01. The number of carboxylic acid groups (broad SMARTS) is 1. The molecule has 1 saturated carbocycles. The maximum atomic E-state index is 11.7. The first-order valence-corrected chi connectivity index (χ1v) is 7.33. The maximum absolute atomic E-state index is 11.7. The Kier molecular flexibility index (Phi) is 5.60. The van der Waals surface area contributed by atoms with Gasteiger partial charge in [-0.1, -0.05) is 31.4 Å². The van der Waals surface area contributed by atoms with E-state index in [1.807, 2.05) is 6.07 Å². The Morgan fingerprint density at radius 3 is 2.81 bits per heavy atom. The number of hydrogen-bond donors (Lipinski definition) is 2. The minimum Gasteiger partial charge on any atom is -0.482 e. The highest BCUT2D eigenvalue weighted by Gasteiger charge is 2.18. The van der Waals surface area contributed by atoms with Crippen LogP contribution in [0, 0.1) is 5.92 Å². The minimum absolute atomic E-state index is 0.0683. The molecule has 0 aromatic heterocycles. The van der Waals surface area contributed by atoms with E-state index in [1.54, 1.807) is 18.2 Å². The summed E-state index contributed by atoms with van der Waals surface area (Å²) in [6, 6.07) is 7.10. The molecule has 1 aliphatic carbocycles. The fourth-order valence-corrected chi connectivity index (χ4v) is 2.30. The lowest BCUT2D eigenvalue weighted by atomic mass is 9.82. The molecule has 5 heteroatoms. The molecule has 0 saturated heterocycles. The van der Waals surface area contributed by atoms with Gasteiger partial charge in [-0.05, 0) is 30.0 Å². The van der Waals surface area contributed by atoms with Gasteiger partial charge in [0, 0.05) is 13.0 Å². The van der Waals surface area contributed by atoms with Crippen molar-refractivity contribution < 1.29 is 19.4 Å². The van der Waals surface area contributed by atoms with Gasteiger partial charge in [0.05, 0.1) is 0 Å². The van der Waals surface area contributed by atoms with E-state index in [-0.39, 0.29) is 12.5 Å². The van der Waals surface area contributed by atoms with Crippen LogP contribution in [0.5, 0.6) is 5.75 Å². The van der Waals surface area contributed by atoms with Crippen molar-refractivity contribution in [3.05, 3.63) is 29.8 Å². The molecule has 1 fully saturated rings. The van der Waals surface area contributed by atoms with Crippen molar-refractivity contribution >= 4 is 11.9 Å². The van der Waals surface area contributed by atoms with Gasteiger partial charge in [0.1, 0.15) is 5.75 Å². The van der Waals surface area contributed by atoms with Crippen LogP contribution in [0.3, 0.4) is 0 Å². The molecular formula is C16H21NO4. The summed E-state index contributed by atoms with van der Waals surface area (Å²) >= 11 is 0. The van der Waals surface area contributed by atoms with Crippen LogP contribution >= 0.6 is 0 Å². The summed E-state index contributed by atoms with van der Waals surface area (Å²) in [6.07, 6.45) is 5.38. The molecule has 0 spiro atoms. The number of aliphatic carboxylic acids is 1. The van der Waals surface area contributed by atoms with E-state index >= 15 is 0 Å². The lowest BCUT2D eigenvalue weighted by molar-refractivity contribution is -0.139. The summed E-state index contributed by atoms with van der Waals surface area (Å²) < 4.78 is 5.10. The molecule has 0 bridgehead atoms. The number of ether oxygens (including phenoxy) is 1. The van der Waals surface area contributed by atoms with Crippen LogP contribution in [-0.2, 0) is 16.1 Å². The topological polar surface area (TPSA) is 75.6 Å². The summed E-state index contributed by atoms with van der Waals surface area (Å²) in [4.78, 5) is 22.2. The molecule has 114 valence electrons. The van der Waals surface area contributed by atoms with Gasteiger partial charge in [-0.25, -0.2) is 4.79 Å². The predicted octanol–water partition coefficient (Wildman–Crippen LogP) is 2.35. The van der Waals surface area contributed by atoms with Crippen LogP contribution in [0.4, 0.5) is 0 Å². The highest BCUT2D eigenvalue weighted by atomic mass is 16.5. The molecule has 1 amide bonds. The first kappa shape index (κ1) is 15.4.